The Morgan fingerprint density at radius 1 is 1.50 bits per heavy atom. The molecule has 1 aliphatic rings. The molecule has 0 bridgehead atoms. The van der Waals surface area contributed by atoms with Crippen LogP contribution in [-0.2, 0) is 13.1 Å². The van der Waals surface area contributed by atoms with Crippen LogP contribution in [0.2, 0.25) is 0 Å². The molecule has 2 rings (SSSR count). The Morgan fingerprint density at radius 2 is 2.22 bits per heavy atom. The van der Waals surface area contributed by atoms with Crippen LogP contribution < -0.4 is 0 Å². The molecule has 1 heterocycles. The zero-order valence-corrected chi connectivity index (χ0v) is 11.8. The summed E-state index contributed by atoms with van der Waals surface area (Å²) in [5, 5.41) is 9.36. The van der Waals surface area contributed by atoms with E-state index in [1.165, 1.54) is 18.5 Å². The average molecular weight is 251 g/mol. The first-order valence-electron chi connectivity index (χ1n) is 6.83. The van der Waals surface area contributed by atoms with Crippen molar-refractivity contribution in [1.29, 1.82) is 0 Å². The van der Waals surface area contributed by atoms with Crippen molar-refractivity contribution in [3.8, 4) is 0 Å². The summed E-state index contributed by atoms with van der Waals surface area (Å²) < 4.78 is 2.24. The molecule has 4 nitrogen and oxygen atoms in total. The van der Waals surface area contributed by atoms with Gasteiger partial charge in [-0.2, -0.15) is 0 Å². The Hall–Kier alpha value is -0.870. The minimum Gasteiger partial charge on any atom is -0.396 e. The summed E-state index contributed by atoms with van der Waals surface area (Å²) in [6, 6.07) is 0. The van der Waals surface area contributed by atoms with Crippen LogP contribution >= 0.6 is 0 Å². The Kier molecular flexibility index (Phi) is 4.07. The summed E-state index contributed by atoms with van der Waals surface area (Å²) in [5.74, 6) is 0.635. The summed E-state index contributed by atoms with van der Waals surface area (Å²) in [5.41, 5.74) is 1.46. The van der Waals surface area contributed by atoms with E-state index in [2.05, 4.69) is 35.3 Å². The SMILES string of the molecule is CC(C)Cn1cncc1CN(C)CC1(CO)CC1. The largest absolute Gasteiger partial charge is 0.396 e. The van der Waals surface area contributed by atoms with Crippen molar-refractivity contribution in [2.45, 2.75) is 39.8 Å². The molecule has 1 saturated carbocycles. The maximum absolute atomic E-state index is 9.36. The molecular weight excluding hydrogens is 226 g/mol. The quantitative estimate of drug-likeness (QED) is 0.802. The van der Waals surface area contributed by atoms with Crippen molar-refractivity contribution in [2.75, 3.05) is 20.2 Å². The molecular formula is C14H25N3O. The smallest absolute Gasteiger partial charge is 0.0948 e. The van der Waals surface area contributed by atoms with E-state index in [-0.39, 0.29) is 5.41 Å². The van der Waals surface area contributed by atoms with Crippen molar-refractivity contribution in [3.05, 3.63) is 18.2 Å². The fourth-order valence-electron chi connectivity index (χ4n) is 2.49. The van der Waals surface area contributed by atoms with Crippen LogP contribution in [0.4, 0.5) is 0 Å². The minimum absolute atomic E-state index is 0.192. The first-order chi connectivity index (χ1) is 8.54. The Labute approximate surface area is 110 Å². The van der Waals surface area contributed by atoms with E-state index in [0.29, 0.717) is 12.5 Å². The van der Waals surface area contributed by atoms with E-state index in [4.69, 9.17) is 0 Å². The molecule has 102 valence electrons. The standard InChI is InChI=1S/C14H25N3O/c1-12(2)7-17-11-15-6-13(17)8-16(3)9-14(10-18)4-5-14/h6,11-12,18H,4-5,7-10H2,1-3H3. The first-order valence-corrected chi connectivity index (χ1v) is 6.83. The first kappa shape index (κ1) is 13.6. The van der Waals surface area contributed by atoms with Crippen molar-refractivity contribution in [2.24, 2.45) is 11.3 Å². The molecule has 1 N–H and O–H groups in total. The zero-order chi connectivity index (χ0) is 13.2. The summed E-state index contributed by atoms with van der Waals surface area (Å²) in [7, 11) is 2.13. The van der Waals surface area contributed by atoms with Crippen LogP contribution in [0.1, 0.15) is 32.4 Å². The molecule has 1 aliphatic carbocycles. The van der Waals surface area contributed by atoms with Crippen LogP contribution in [-0.4, -0.2) is 39.8 Å². The van der Waals surface area contributed by atoms with Crippen molar-refractivity contribution in [1.82, 2.24) is 14.5 Å². The number of hydrogen-bond donors (Lipinski definition) is 1. The van der Waals surface area contributed by atoms with Crippen molar-refractivity contribution < 1.29 is 5.11 Å². The Bertz CT molecular complexity index is 382. The Morgan fingerprint density at radius 3 is 2.78 bits per heavy atom. The lowest BCUT2D eigenvalue weighted by Crippen LogP contribution is -2.29. The average Bonchev–Trinajstić information content (AvgIpc) is 2.95. The Balaban J connectivity index is 1.90. The molecule has 0 aromatic carbocycles. The van der Waals surface area contributed by atoms with Gasteiger partial charge in [0, 0.05) is 37.9 Å². The van der Waals surface area contributed by atoms with Gasteiger partial charge in [-0.05, 0) is 25.8 Å². The van der Waals surface area contributed by atoms with Gasteiger partial charge in [0.2, 0.25) is 0 Å². The van der Waals surface area contributed by atoms with Crippen molar-refractivity contribution in [3.63, 3.8) is 0 Å². The molecule has 1 aromatic rings. The highest BCUT2D eigenvalue weighted by Crippen LogP contribution is 2.45. The van der Waals surface area contributed by atoms with Gasteiger partial charge < -0.3 is 9.67 Å². The second kappa shape index (κ2) is 5.41. The maximum Gasteiger partial charge on any atom is 0.0948 e. The van der Waals surface area contributed by atoms with Gasteiger partial charge in [0.25, 0.3) is 0 Å². The molecule has 1 aromatic heterocycles. The monoisotopic (exact) mass is 251 g/mol. The van der Waals surface area contributed by atoms with Crippen LogP contribution in [0.3, 0.4) is 0 Å². The van der Waals surface area contributed by atoms with Gasteiger partial charge in [0.05, 0.1) is 12.0 Å². The number of hydrogen-bond acceptors (Lipinski definition) is 3. The van der Waals surface area contributed by atoms with E-state index in [1.54, 1.807) is 0 Å². The predicted octanol–water partition coefficient (Wildman–Crippen LogP) is 1.74. The van der Waals surface area contributed by atoms with Gasteiger partial charge in [-0.25, -0.2) is 4.98 Å². The lowest BCUT2D eigenvalue weighted by atomic mass is 10.1. The van der Waals surface area contributed by atoms with E-state index in [1.807, 2.05) is 12.5 Å². The highest BCUT2D eigenvalue weighted by Gasteiger charge is 2.42. The third kappa shape index (κ3) is 3.33. The van der Waals surface area contributed by atoms with E-state index in [0.717, 1.165) is 19.6 Å². The second-order valence-corrected chi connectivity index (χ2v) is 6.26. The van der Waals surface area contributed by atoms with Gasteiger partial charge in [-0.1, -0.05) is 13.8 Å². The fraction of sp³-hybridized carbons (Fsp3) is 0.786. The van der Waals surface area contributed by atoms with Crippen LogP contribution in [0.25, 0.3) is 0 Å². The molecule has 1 fully saturated rings. The van der Waals surface area contributed by atoms with Crippen LogP contribution in [0.5, 0.6) is 0 Å². The highest BCUT2D eigenvalue weighted by molar-refractivity contribution is 5.00. The van der Waals surface area contributed by atoms with E-state index < -0.39 is 0 Å². The number of aliphatic hydroxyl groups excluding tert-OH is 1. The number of aliphatic hydroxyl groups is 1. The predicted molar refractivity (Wildman–Crippen MR) is 72.2 cm³/mol. The summed E-state index contributed by atoms with van der Waals surface area (Å²) in [6.45, 7) is 7.68. The molecule has 0 radical (unpaired) electrons. The molecule has 0 atom stereocenters. The summed E-state index contributed by atoms with van der Waals surface area (Å²) >= 11 is 0. The molecule has 0 spiro atoms. The molecule has 18 heavy (non-hydrogen) atoms. The van der Waals surface area contributed by atoms with E-state index in [9.17, 15) is 5.11 Å². The maximum atomic E-state index is 9.36. The summed E-state index contributed by atoms with van der Waals surface area (Å²) in [6.07, 6.45) is 6.21. The van der Waals surface area contributed by atoms with Gasteiger partial charge in [-0.3, -0.25) is 4.90 Å². The van der Waals surface area contributed by atoms with Crippen LogP contribution in [0.15, 0.2) is 12.5 Å². The number of rotatable bonds is 7. The molecule has 0 aliphatic heterocycles. The topological polar surface area (TPSA) is 41.3 Å². The summed E-state index contributed by atoms with van der Waals surface area (Å²) in [4.78, 5) is 6.55. The molecule has 0 saturated heterocycles. The minimum atomic E-state index is 0.192. The fourth-order valence-corrected chi connectivity index (χ4v) is 2.49. The number of nitrogens with zero attached hydrogens (tertiary/aromatic N) is 3. The zero-order valence-electron chi connectivity index (χ0n) is 11.8. The normalized spacial score (nSPS) is 17.7. The van der Waals surface area contributed by atoms with Crippen LogP contribution in [0, 0.1) is 11.3 Å². The second-order valence-electron chi connectivity index (χ2n) is 6.26. The lowest BCUT2D eigenvalue weighted by Gasteiger charge is -2.22. The lowest BCUT2D eigenvalue weighted by molar-refractivity contribution is 0.159. The van der Waals surface area contributed by atoms with Gasteiger partial charge >= 0.3 is 0 Å². The molecule has 0 amide bonds. The van der Waals surface area contributed by atoms with Gasteiger partial charge in [0.1, 0.15) is 0 Å². The third-order valence-corrected chi connectivity index (χ3v) is 3.69. The number of imidazole rings is 1. The van der Waals surface area contributed by atoms with E-state index >= 15 is 0 Å². The van der Waals surface area contributed by atoms with Gasteiger partial charge in [0.15, 0.2) is 0 Å². The molecule has 4 heteroatoms. The molecule has 0 unspecified atom stereocenters. The van der Waals surface area contributed by atoms with Crippen molar-refractivity contribution >= 4 is 0 Å². The van der Waals surface area contributed by atoms with Gasteiger partial charge in [-0.15, -0.1) is 0 Å². The number of aromatic nitrogens is 2. The third-order valence-electron chi connectivity index (χ3n) is 3.69. The highest BCUT2D eigenvalue weighted by atomic mass is 16.3.